The molecule has 0 fully saturated rings. The first-order chi connectivity index (χ1) is 16.2. The number of anilines is 2. The first kappa shape index (κ1) is 25.2. The quantitative estimate of drug-likeness (QED) is 0.308. The lowest BCUT2D eigenvalue weighted by atomic mass is 9.95. The van der Waals surface area contributed by atoms with Crippen molar-refractivity contribution in [3.63, 3.8) is 0 Å². The van der Waals surface area contributed by atoms with E-state index in [1.807, 2.05) is 51.1 Å². The van der Waals surface area contributed by atoms with Crippen LogP contribution in [0.2, 0.25) is 0 Å². The number of methoxy groups -OCH3 is 1. The molecule has 0 aliphatic carbocycles. The van der Waals surface area contributed by atoms with Crippen LogP contribution >= 0.6 is 12.2 Å². The Hall–Kier alpha value is -3.43. The Labute approximate surface area is 205 Å². The minimum absolute atomic E-state index is 0.158. The van der Waals surface area contributed by atoms with Crippen molar-refractivity contribution in [1.29, 1.82) is 0 Å². The van der Waals surface area contributed by atoms with Crippen molar-refractivity contribution in [2.45, 2.75) is 26.8 Å². The molecule has 1 aliphatic heterocycles. The van der Waals surface area contributed by atoms with Gasteiger partial charge in [0.15, 0.2) is 5.11 Å². The van der Waals surface area contributed by atoms with Crippen LogP contribution in [0.1, 0.15) is 29.7 Å². The van der Waals surface area contributed by atoms with Crippen molar-refractivity contribution in [1.82, 2.24) is 10.2 Å². The van der Waals surface area contributed by atoms with Gasteiger partial charge in [0.2, 0.25) is 0 Å². The van der Waals surface area contributed by atoms with E-state index in [9.17, 15) is 9.59 Å². The Morgan fingerprint density at radius 2 is 1.68 bits per heavy atom. The molecular formula is C25H30N4O4S. The highest BCUT2D eigenvalue weighted by Crippen LogP contribution is 2.31. The average Bonchev–Trinajstić information content (AvgIpc) is 2.80. The van der Waals surface area contributed by atoms with Crippen LogP contribution in [0.3, 0.4) is 0 Å². The summed E-state index contributed by atoms with van der Waals surface area (Å²) in [6.45, 7) is 6.20. The van der Waals surface area contributed by atoms with Crippen molar-refractivity contribution in [3.8, 4) is 0 Å². The molecule has 3 N–H and O–H groups in total. The van der Waals surface area contributed by atoms with Crippen molar-refractivity contribution < 1.29 is 19.1 Å². The van der Waals surface area contributed by atoms with Crippen LogP contribution in [0, 0.1) is 13.8 Å². The minimum Gasteiger partial charge on any atom is -0.460 e. The summed E-state index contributed by atoms with van der Waals surface area (Å²) in [4.78, 5) is 27.1. The van der Waals surface area contributed by atoms with Gasteiger partial charge in [-0.25, -0.2) is 9.59 Å². The fourth-order valence-electron chi connectivity index (χ4n) is 3.69. The zero-order chi connectivity index (χ0) is 24.8. The van der Waals surface area contributed by atoms with Crippen molar-refractivity contribution in [2.24, 2.45) is 0 Å². The highest BCUT2D eigenvalue weighted by atomic mass is 32.1. The van der Waals surface area contributed by atoms with Gasteiger partial charge in [0.25, 0.3) is 0 Å². The standard InChI is InChI=1S/C25H30N4O4S/c1-15-7-6-8-16(2)21(15)27-24(31)26-19-11-9-18(10-12-19)22-20(23(30)33-14-13-32-5)17(3)29(4)25(34)28-22/h6-12,22H,13-14H2,1-5H3,(H,28,34)(H2,26,27,31)/t22-/m0/s1. The maximum absolute atomic E-state index is 12.8. The van der Waals surface area contributed by atoms with E-state index in [4.69, 9.17) is 21.7 Å². The number of urea groups is 1. The number of hydrogen-bond donors (Lipinski definition) is 3. The third-order valence-corrected chi connectivity index (χ3v) is 6.11. The Morgan fingerprint density at radius 3 is 2.29 bits per heavy atom. The molecular weight excluding hydrogens is 452 g/mol. The number of benzene rings is 2. The van der Waals surface area contributed by atoms with Crippen LogP contribution in [0.5, 0.6) is 0 Å². The number of para-hydroxylation sites is 1. The first-order valence-corrected chi connectivity index (χ1v) is 11.3. The third-order valence-electron chi connectivity index (χ3n) is 5.72. The molecule has 9 heteroatoms. The zero-order valence-corrected chi connectivity index (χ0v) is 20.8. The molecule has 0 unspecified atom stereocenters. The van der Waals surface area contributed by atoms with Gasteiger partial charge in [0.1, 0.15) is 6.61 Å². The van der Waals surface area contributed by atoms with Crippen LogP contribution in [-0.4, -0.2) is 49.4 Å². The number of hydrogen-bond acceptors (Lipinski definition) is 5. The number of rotatable bonds is 7. The fraction of sp³-hybridized carbons (Fsp3) is 0.320. The number of ether oxygens (including phenoxy) is 2. The number of nitrogens with zero attached hydrogens (tertiary/aromatic N) is 1. The molecule has 2 aromatic rings. The van der Waals surface area contributed by atoms with Crippen LogP contribution in [0.4, 0.5) is 16.2 Å². The smallest absolute Gasteiger partial charge is 0.338 e. The predicted molar refractivity (Wildman–Crippen MR) is 137 cm³/mol. The van der Waals surface area contributed by atoms with Crippen LogP contribution < -0.4 is 16.0 Å². The second-order valence-electron chi connectivity index (χ2n) is 8.04. The van der Waals surface area contributed by atoms with Gasteiger partial charge >= 0.3 is 12.0 Å². The Bertz CT molecular complexity index is 1090. The molecule has 2 amide bonds. The van der Waals surface area contributed by atoms with E-state index >= 15 is 0 Å². The molecule has 0 aromatic heterocycles. The van der Waals surface area contributed by atoms with Gasteiger partial charge in [-0.2, -0.15) is 0 Å². The summed E-state index contributed by atoms with van der Waals surface area (Å²) < 4.78 is 10.4. The molecule has 3 rings (SSSR count). The molecule has 0 spiro atoms. The number of esters is 1. The lowest BCUT2D eigenvalue weighted by Crippen LogP contribution is -2.46. The number of aryl methyl sites for hydroxylation is 2. The van der Waals surface area contributed by atoms with Crippen LogP contribution in [0.25, 0.3) is 0 Å². The summed E-state index contributed by atoms with van der Waals surface area (Å²) in [6.07, 6.45) is 0. The van der Waals surface area contributed by atoms with E-state index in [0.29, 0.717) is 28.7 Å². The largest absolute Gasteiger partial charge is 0.460 e. The lowest BCUT2D eigenvalue weighted by molar-refractivity contribution is -0.140. The number of amides is 2. The third kappa shape index (κ3) is 5.73. The van der Waals surface area contributed by atoms with E-state index in [1.165, 1.54) is 0 Å². The van der Waals surface area contributed by atoms with E-state index in [-0.39, 0.29) is 12.6 Å². The number of nitrogens with one attached hydrogen (secondary N) is 3. The predicted octanol–water partition coefficient (Wildman–Crippen LogP) is 4.27. The van der Waals surface area contributed by atoms with Gasteiger partial charge in [0.05, 0.1) is 18.2 Å². The minimum atomic E-state index is -0.476. The molecule has 0 saturated carbocycles. The first-order valence-electron chi connectivity index (χ1n) is 10.9. The molecule has 1 aliphatic rings. The second kappa shape index (κ2) is 11.1. The van der Waals surface area contributed by atoms with Gasteiger partial charge in [-0.1, -0.05) is 30.3 Å². The molecule has 8 nitrogen and oxygen atoms in total. The molecule has 1 heterocycles. The summed E-state index contributed by atoms with van der Waals surface area (Å²) in [7, 11) is 3.35. The van der Waals surface area contributed by atoms with Gasteiger partial charge in [-0.3, -0.25) is 0 Å². The molecule has 180 valence electrons. The van der Waals surface area contributed by atoms with Gasteiger partial charge in [-0.15, -0.1) is 0 Å². The summed E-state index contributed by atoms with van der Waals surface area (Å²) in [5.41, 5.74) is 5.38. The highest BCUT2D eigenvalue weighted by molar-refractivity contribution is 7.80. The number of carbonyl (C=O) groups is 2. The Balaban J connectivity index is 1.77. The van der Waals surface area contributed by atoms with Crippen molar-refractivity contribution in [3.05, 3.63) is 70.4 Å². The van der Waals surface area contributed by atoms with Crippen LogP contribution in [0.15, 0.2) is 53.7 Å². The van der Waals surface area contributed by atoms with E-state index in [1.54, 1.807) is 31.2 Å². The molecule has 0 radical (unpaired) electrons. The van der Waals surface area contributed by atoms with Crippen LogP contribution in [-0.2, 0) is 14.3 Å². The van der Waals surface area contributed by atoms with Gasteiger partial charge in [0, 0.05) is 31.2 Å². The van der Waals surface area contributed by atoms with Crippen molar-refractivity contribution >= 4 is 40.7 Å². The van der Waals surface area contributed by atoms with Gasteiger partial charge < -0.3 is 30.3 Å². The summed E-state index contributed by atoms with van der Waals surface area (Å²) in [5.74, 6) is -0.434. The topological polar surface area (TPSA) is 91.9 Å². The summed E-state index contributed by atoms with van der Waals surface area (Å²) >= 11 is 5.44. The summed E-state index contributed by atoms with van der Waals surface area (Å²) in [6, 6.07) is 12.3. The molecule has 0 bridgehead atoms. The Kier molecular flexibility index (Phi) is 8.25. The number of allylic oxidation sites excluding steroid dienone is 1. The normalized spacial score (nSPS) is 15.6. The number of carbonyl (C=O) groups excluding carboxylic acids is 2. The maximum atomic E-state index is 12.8. The van der Waals surface area contributed by atoms with E-state index in [0.717, 1.165) is 22.4 Å². The SMILES string of the molecule is COCCOC(=O)C1=C(C)N(C)C(=S)N[C@H]1c1ccc(NC(=O)Nc2c(C)cccc2C)cc1. The fourth-order valence-corrected chi connectivity index (χ4v) is 3.95. The van der Waals surface area contributed by atoms with Gasteiger partial charge in [-0.05, 0) is 61.8 Å². The van der Waals surface area contributed by atoms with Crippen molar-refractivity contribution in [2.75, 3.05) is 38.0 Å². The molecule has 34 heavy (non-hydrogen) atoms. The monoisotopic (exact) mass is 482 g/mol. The summed E-state index contributed by atoms with van der Waals surface area (Å²) in [5, 5.41) is 9.46. The zero-order valence-electron chi connectivity index (χ0n) is 20.0. The molecule has 1 atom stereocenters. The van der Waals surface area contributed by atoms with E-state index < -0.39 is 12.0 Å². The highest BCUT2D eigenvalue weighted by Gasteiger charge is 2.33. The van der Waals surface area contributed by atoms with E-state index in [2.05, 4.69) is 16.0 Å². The maximum Gasteiger partial charge on any atom is 0.338 e. The second-order valence-corrected chi connectivity index (χ2v) is 8.42. The number of thiocarbonyl (C=S) groups is 1. The Morgan fingerprint density at radius 1 is 1.03 bits per heavy atom. The molecule has 0 saturated heterocycles. The average molecular weight is 483 g/mol. The molecule has 2 aromatic carbocycles. The lowest BCUT2D eigenvalue weighted by Gasteiger charge is -2.35.